The highest BCUT2D eigenvalue weighted by Gasteiger charge is 2.25. The minimum Gasteiger partial charge on any atom is -0.493 e. The molecule has 0 fully saturated rings. The average molecular weight is 344 g/mol. The maximum Gasteiger partial charge on any atom is 0.161 e. The van der Waals surface area contributed by atoms with Crippen LogP contribution >= 0.6 is 27.3 Å². The van der Waals surface area contributed by atoms with Crippen LogP contribution in [0.4, 0.5) is 0 Å². The van der Waals surface area contributed by atoms with Crippen LogP contribution in [0.25, 0.3) is 0 Å². The molecule has 0 aromatic carbocycles. The molecule has 104 valence electrons. The minimum atomic E-state index is 0.0641. The smallest absolute Gasteiger partial charge is 0.161 e. The van der Waals surface area contributed by atoms with Gasteiger partial charge in [0.15, 0.2) is 5.75 Å². The lowest BCUT2D eigenvalue weighted by Crippen LogP contribution is -2.22. The lowest BCUT2D eigenvalue weighted by Gasteiger charge is -2.20. The molecule has 0 radical (unpaired) electrons. The maximum absolute atomic E-state index is 5.46. The second kappa shape index (κ2) is 6.07. The van der Waals surface area contributed by atoms with Crippen LogP contribution in [0.2, 0.25) is 0 Å². The largest absolute Gasteiger partial charge is 0.493 e. The van der Waals surface area contributed by atoms with Gasteiger partial charge in [-0.05, 0) is 48.3 Å². The third-order valence-electron chi connectivity index (χ3n) is 2.98. The van der Waals surface area contributed by atoms with E-state index in [-0.39, 0.29) is 12.1 Å². The molecule has 0 spiro atoms. The van der Waals surface area contributed by atoms with E-state index < -0.39 is 0 Å². The van der Waals surface area contributed by atoms with Crippen molar-refractivity contribution in [3.8, 4) is 5.75 Å². The van der Waals surface area contributed by atoms with Crippen molar-refractivity contribution in [1.29, 1.82) is 0 Å². The normalized spacial score (nSPS) is 12.9. The highest BCUT2D eigenvalue weighted by molar-refractivity contribution is 9.10. The van der Waals surface area contributed by atoms with Gasteiger partial charge in [-0.3, -0.25) is 4.68 Å². The summed E-state index contributed by atoms with van der Waals surface area (Å²) in [4.78, 5) is 1.23. The van der Waals surface area contributed by atoms with E-state index in [2.05, 4.69) is 51.6 Å². The van der Waals surface area contributed by atoms with Crippen LogP contribution in [0.1, 0.15) is 36.5 Å². The van der Waals surface area contributed by atoms with Gasteiger partial charge < -0.3 is 10.1 Å². The van der Waals surface area contributed by atoms with E-state index in [1.165, 1.54) is 4.88 Å². The predicted octanol–water partition coefficient (Wildman–Crippen LogP) is 3.61. The molecule has 0 aliphatic rings. The van der Waals surface area contributed by atoms with Crippen molar-refractivity contribution < 1.29 is 4.74 Å². The third-order valence-corrected chi connectivity index (χ3v) is 4.91. The summed E-state index contributed by atoms with van der Waals surface area (Å²) in [6, 6.07) is 2.41. The Morgan fingerprint density at radius 1 is 1.47 bits per heavy atom. The molecule has 0 saturated carbocycles. The Morgan fingerprint density at radius 3 is 2.68 bits per heavy atom. The van der Waals surface area contributed by atoms with Gasteiger partial charge in [0.25, 0.3) is 0 Å². The van der Waals surface area contributed by atoms with E-state index >= 15 is 0 Å². The zero-order chi connectivity index (χ0) is 14.0. The number of methoxy groups -OCH3 is 1. The Balaban J connectivity index is 2.54. The molecule has 0 aliphatic carbocycles. The van der Waals surface area contributed by atoms with Gasteiger partial charge in [-0.1, -0.05) is 0 Å². The van der Waals surface area contributed by atoms with Gasteiger partial charge in [-0.25, -0.2) is 0 Å². The Labute approximate surface area is 125 Å². The van der Waals surface area contributed by atoms with Crippen molar-refractivity contribution in [2.24, 2.45) is 0 Å². The first-order valence-corrected chi connectivity index (χ1v) is 7.79. The first kappa shape index (κ1) is 14.6. The standard InChI is InChI=1S/C13H18BrN3OS/c1-8(2)17-12(10(18-4)7-16-17)11(15-3)13-9(14)5-6-19-13/h5-8,11,15H,1-4H3. The number of rotatable bonds is 5. The molecule has 2 aromatic heterocycles. The Morgan fingerprint density at radius 2 is 2.21 bits per heavy atom. The molecule has 2 aromatic rings. The van der Waals surface area contributed by atoms with Crippen LogP contribution in [0, 0.1) is 0 Å². The molecule has 0 amide bonds. The van der Waals surface area contributed by atoms with E-state index in [4.69, 9.17) is 4.74 Å². The molecule has 0 bridgehead atoms. The van der Waals surface area contributed by atoms with Crippen LogP contribution in [-0.4, -0.2) is 23.9 Å². The minimum absolute atomic E-state index is 0.0641. The first-order valence-electron chi connectivity index (χ1n) is 6.11. The summed E-state index contributed by atoms with van der Waals surface area (Å²) >= 11 is 5.32. The molecule has 0 aliphatic heterocycles. The Bertz CT molecular complexity index is 550. The molecule has 0 saturated heterocycles. The number of nitrogens with zero attached hydrogens (tertiary/aromatic N) is 2. The molecular formula is C13H18BrN3OS. The molecule has 4 nitrogen and oxygen atoms in total. The number of aromatic nitrogens is 2. The average Bonchev–Trinajstić information content (AvgIpc) is 2.98. The number of ether oxygens (including phenoxy) is 1. The summed E-state index contributed by atoms with van der Waals surface area (Å²) in [6.45, 7) is 4.23. The Kier molecular flexibility index (Phi) is 4.65. The molecule has 1 unspecified atom stereocenters. The van der Waals surface area contributed by atoms with Crippen LogP contribution in [0.5, 0.6) is 5.75 Å². The lowest BCUT2D eigenvalue weighted by molar-refractivity contribution is 0.396. The topological polar surface area (TPSA) is 39.1 Å². The molecule has 2 heterocycles. The Hall–Kier alpha value is -0.850. The van der Waals surface area contributed by atoms with Crippen LogP contribution in [0.3, 0.4) is 0 Å². The summed E-state index contributed by atoms with van der Waals surface area (Å²) in [5, 5.41) is 9.87. The van der Waals surface area contributed by atoms with Crippen molar-refractivity contribution in [3.05, 3.63) is 32.7 Å². The van der Waals surface area contributed by atoms with Gasteiger partial charge in [0.1, 0.15) is 5.69 Å². The van der Waals surface area contributed by atoms with Crippen molar-refractivity contribution in [3.63, 3.8) is 0 Å². The summed E-state index contributed by atoms with van der Waals surface area (Å²) < 4.78 is 8.58. The number of hydrogen-bond donors (Lipinski definition) is 1. The summed E-state index contributed by atoms with van der Waals surface area (Å²) in [6.07, 6.45) is 1.78. The monoisotopic (exact) mass is 343 g/mol. The van der Waals surface area contributed by atoms with Crippen molar-refractivity contribution in [1.82, 2.24) is 15.1 Å². The van der Waals surface area contributed by atoms with E-state index in [9.17, 15) is 0 Å². The summed E-state index contributed by atoms with van der Waals surface area (Å²) in [5.74, 6) is 0.813. The second-order valence-corrected chi connectivity index (χ2v) is 6.29. The lowest BCUT2D eigenvalue weighted by atomic mass is 10.1. The number of nitrogens with one attached hydrogen (secondary N) is 1. The van der Waals surface area contributed by atoms with Crippen LogP contribution in [0.15, 0.2) is 22.1 Å². The molecule has 1 N–H and O–H groups in total. The van der Waals surface area contributed by atoms with E-state index in [0.29, 0.717) is 0 Å². The molecule has 1 atom stereocenters. The SMILES string of the molecule is CNC(c1sccc1Br)c1c(OC)cnn1C(C)C. The van der Waals surface area contributed by atoms with Gasteiger partial charge in [-0.15, -0.1) is 11.3 Å². The van der Waals surface area contributed by atoms with Crippen LogP contribution < -0.4 is 10.1 Å². The zero-order valence-corrected chi connectivity index (χ0v) is 13.9. The highest BCUT2D eigenvalue weighted by Crippen LogP contribution is 2.37. The fraction of sp³-hybridized carbons (Fsp3) is 0.462. The predicted molar refractivity (Wildman–Crippen MR) is 82.1 cm³/mol. The second-order valence-electron chi connectivity index (χ2n) is 4.49. The van der Waals surface area contributed by atoms with E-state index in [0.717, 1.165) is 15.9 Å². The molecule has 2 rings (SSSR count). The van der Waals surface area contributed by atoms with Crippen molar-refractivity contribution in [2.45, 2.75) is 25.9 Å². The fourth-order valence-electron chi connectivity index (χ4n) is 2.10. The maximum atomic E-state index is 5.46. The summed E-state index contributed by atoms with van der Waals surface area (Å²) in [5.41, 5.74) is 1.06. The summed E-state index contributed by atoms with van der Waals surface area (Å²) in [7, 11) is 3.63. The quantitative estimate of drug-likeness (QED) is 0.901. The molecular weight excluding hydrogens is 326 g/mol. The molecule has 19 heavy (non-hydrogen) atoms. The number of hydrogen-bond acceptors (Lipinski definition) is 4. The zero-order valence-electron chi connectivity index (χ0n) is 11.5. The van der Waals surface area contributed by atoms with Gasteiger partial charge in [0.2, 0.25) is 0 Å². The van der Waals surface area contributed by atoms with E-state index in [1.807, 2.05) is 11.7 Å². The first-order chi connectivity index (χ1) is 9.10. The van der Waals surface area contributed by atoms with Crippen molar-refractivity contribution >= 4 is 27.3 Å². The number of halogens is 1. The van der Waals surface area contributed by atoms with E-state index in [1.54, 1.807) is 24.6 Å². The van der Waals surface area contributed by atoms with Gasteiger partial charge >= 0.3 is 0 Å². The van der Waals surface area contributed by atoms with Gasteiger partial charge in [0, 0.05) is 15.4 Å². The third kappa shape index (κ3) is 2.70. The van der Waals surface area contributed by atoms with Crippen molar-refractivity contribution in [2.75, 3.05) is 14.2 Å². The van der Waals surface area contributed by atoms with Gasteiger partial charge in [-0.2, -0.15) is 5.10 Å². The van der Waals surface area contributed by atoms with Gasteiger partial charge in [0.05, 0.1) is 19.3 Å². The molecule has 6 heteroatoms. The highest BCUT2D eigenvalue weighted by atomic mass is 79.9. The van der Waals surface area contributed by atoms with Crippen LogP contribution in [-0.2, 0) is 0 Å². The fourth-order valence-corrected chi connectivity index (χ4v) is 3.82. The number of thiophene rings is 1.